The number of methoxy groups -OCH3 is 2. The standard InChI is InChI=1S/C22H25ClN2O3/c1-27-20-8-6-17(15-21(20)28-2)7-9-22(26)25-12-10-24(11-13-25)16-18-4-3-5-19(23)14-18/h3-9,14-15H,10-13,16H2,1-2H3/b9-7+. The molecule has 0 spiro atoms. The van der Waals surface area contributed by atoms with Crippen molar-refractivity contribution in [3.63, 3.8) is 0 Å². The second-order valence-corrected chi connectivity index (χ2v) is 7.12. The summed E-state index contributed by atoms with van der Waals surface area (Å²) >= 11 is 6.05. The molecule has 0 N–H and O–H groups in total. The maximum Gasteiger partial charge on any atom is 0.246 e. The van der Waals surface area contributed by atoms with E-state index in [-0.39, 0.29) is 5.91 Å². The highest BCUT2D eigenvalue weighted by molar-refractivity contribution is 6.30. The number of hydrogen-bond acceptors (Lipinski definition) is 4. The molecule has 0 unspecified atom stereocenters. The van der Waals surface area contributed by atoms with Gasteiger partial charge in [-0.2, -0.15) is 0 Å². The monoisotopic (exact) mass is 400 g/mol. The Labute approximate surface area is 171 Å². The minimum atomic E-state index is 0.0252. The smallest absolute Gasteiger partial charge is 0.246 e. The highest BCUT2D eigenvalue weighted by atomic mass is 35.5. The fourth-order valence-corrected chi connectivity index (χ4v) is 3.46. The van der Waals surface area contributed by atoms with Crippen LogP contribution in [-0.4, -0.2) is 56.1 Å². The number of hydrogen-bond donors (Lipinski definition) is 0. The van der Waals surface area contributed by atoms with E-state index in [1.807, 2.05) is 47.4 Å². The van der Waals surface area contributed by atoms with E-state index in [1.54, 1.807) is 20.3 Å². The summed E-state index contributed by atoms with van der Waals surface area (Å²) in [6, 6.07) is 13.5. The fraction of sp³-hybridized carbons (Fsp3) is 0.318. The van der Waals surface area contributed by atoms with Gasteiger partial charge < -0.3 is 14.4 Å². The average molecular weight is 401 g/mol. The molecule has 1 aliphatic rings. The summed E-state index contributed by atoms with van der Waals surface area (Å²) in [7, 11) is 3.20. The van der Waals surface area contributed by atoms with Crippen molar-refractivity contribution in [1.82, 2.24) is 9.80 Å². The van der Waals surface area contributed by atoms with Gasteiger partial charge in [-0.1, -0.05) is 29.8 Å². The van der Waals surface area contributed by atoms with Gasteiger partial charge in [0.2, 0.25) is 5.91 Å². The Hall–Kier alpha value is -2.50. The Morgan fingerprint density at radius 1 is 1.04 bits per heavy atom. The Morgan fingerprint density at radius 2 is 1.79 bits per heavy atom. The number of nitrogens with zero attached hydrogens (tertiary/aromatic N) is 2. The molecule has 1 saturated heterocycles. The van der Waals surface area contributed by atoms with Gasteiger partial charge in [-0.05, 0) is 41.5 Å². The van der Waals surface area contributed by atoms with Gasteiger partial charge >= 0.3 is 0 Å². The number of rotatable bonds is 6. The molecule has 1 heterocycles. The second-order valence-electron chi connectivity index (χ2n) is 6.68. The second kappa shape index (κ2) is 9.62. The van der Waals surface area contributed by atoms with E-state index >= 15 is 0 Å². The summed E-state index contributed by atoms with van der Waals surface area (Å²) in [5, 5.41) is 0.756. The van der Waals surface area contributed by atoms with Crippen LogP contribution >= 0.6 is 11.6 Å². The van der Waals surface area contributed by atoms with Gasteiger partial charge in [-0.15, -0.1) is 0 Å². The summed E-state index contributed by atoms with van der Waals surface area (Å²) in [6.07, 6.45) is 3.43. The van der Waals surface area contributed by atoms with Crippen LogP contribution in [0.4, 0.5) is 0 Å². The van der Waals surface area contributed by atoms with Crippen LogP contribution in [0.5, 0.6) is 11.5 Å². The first-order valence-electron chi connectivity index (χ1n) is 9.25. The zero-order valence-electron chi connectivity index (χ0n) is 16.2. The minimum Gasteiger partial charge on any atom is -0.493 e. The molecule has 3 rings (SSSR count). The number of benzene rings is 2. The van der Waals surface area contributed by atoms with Crippen LogP contribution in [0.25, 0.3) is 6.08 Å². The van der Waals surface area contributed by atoms with Crippen LogP contribution < -0.4 is 9.47 Å². The molecule has 148 valence electrons. The molecule has 2 aromatic carbocycles. The third kappa shape index (κ3) is 5.27. The van der Waals surface area contributed by atoms with E-state index in [9.17, 15) is 4.79 Å². The van der Waals surface area contributed by atoms with Crippen molar-refractivity contribution in [2.24, 2.45) is 0 Å². The predicted molar refractivity (Wildman–Crippen MR) is 112 cm³/mol. The van der Waals surface area contributed by atoms with Crippen LogP contribution in [0.3, 0.4) is 0 Å². The maximum absolute atomic E-state index is 12.5. The molecule has 0 atom stereocenters. The quantitative estimate of drug-likeness (QED) is 0.693. The van der Waals surface area contributed by atoms with Crippen LogP contribution in [0.1, 0.15) is 11.1 Å². The minimum absolute atomic E-state index is 0.0252. The molecular weight excluding hydrogens is 376 g/mol. The number of halogens is 1. The third-order valence-electron chi connectivity index (χ3n) is 4.81. The fourth-order valence-electron chi connectivity index (χ4n) is 3.25. The number of carbonyl (C=O) groups is 1. The summed E-state index contributed by atoms with van der Waals surface area (Å²) in [5.74, 6) is 1.34. The van der Waals surface area contributed by atoms with Crippen molar-refractivity contribution in [2.45, 2.75) is 6.54 Å². The lowest BCUT2D eigenvalue weighted by Crippen LogP contribution is -2.47. The van der Waals surface area contributed by atoms with Gasteiger partial charge in [0.05, 0.1) is 14.2 Å². The summed E-state index contributed by atoms with van der Waals surface area (Å²) in [4.78, 5) is 16.7. The molecule has 0 aromatic heterocycles. The van der Waals surface area contributed by atoms with E-state index in [0.717, 1.165) is 43.3 Å². The van der Waals surface area contributed by atoms with Gasteiger partial charge in [0.15, 0.2) is 11.5 Å². The first-order chi connectivity index (χ1) is 13.6. The summed E-state index contributed by atoms with van der Waals surface area (Å²) in [5.41, 5.74) is 2.09. The average Bonchev–Trinajstić information content (AvgIpc) is 2.72. The van der Waals surface area contributed by atoms with Crippen LogP contribution in [0.2, 0.25) is 5.02 Å². The molecule has 1 aliphatic heterocycles. The van der Waals surface area contributed by atoms with Crippen molar-refractivity contribution in [3.05, 3.63) is 64.7 Å². The summed E-state index contributed by atoms with van der Waals surface area (Å²) < 4.78 is 10.5. The zero-order chi connectivity index (χ0) is 19.9. The van der Waals surface area contributed by atoms with Gasteiger partial charge in [0.1, 0.15) is 0 Å². The number of amides is 1. The topological polar surface area (TPSA) is 42.0 Å². The van der Waals surface area contributed by atoms with E-state index in [0.29, 0.717) is 11.5 Å². The lowest BCUT2D eigenvalue weighted by molar-refractivity contribution is -0.127. The van der Waals surface area contributed by atoms with E-state index in [1.165, 1.54) is 5.56 Å². The van der Waals surface area contributed by atoms with Crippen molar-refractivity contribution in [2.75, 3.05) is 40.4 Å². The highest BCUT2D eigenvalue weighted by Gasteiger charge is 2.19. The van der Waals surface area contributed by atoms with Gasteiger partial charge in [-0.25, -0.2) is 0 Å². The molecular formula is C22H25ClN2O3. The molecule has 1 fully saturated rings. The van der Waals surface area contributed by atoms with Crippen molar-refractivity contribution in [3.8, 4) is 11.5 Å². The van der Waals surface area contributed by atoms with Crippen LogP contribution in [-0.2, 0) is 11.3 Å². The third-order valence-corrected chi connectivity index (χ3v) is 5.04. The first kappa shape index (κ1) is 20.2. The molecule has 0 bridgehead atoms. The molecule has 0 aliphatic carbocycles. The summed E-state index contributed by atoms with van der Waals surface area (Å²) in [6.45, 7) is 3.99. The SMILES string of the molecule is COc1ccc(/C=C/C(=O)N2CCN(Cc3cccc(Cl)c3)CC2)cc1OC. The molecule has 2 aromatic rings. The van der Waals surface area contributed by atoms with Crippen molar-refractivity contribution >= 4 is 23.6 Å². The Bertz CT molecular complexity index is 845. The predicted octanol–water partition coefficient (Wildman–Crippen LogP) is 3.71. The Kier molecular flexibility index (Phi) is 6.95. The Morgan fingerprint density at radius 3 is 2.46 bits per heavy atom. The first-order valence-corrected chi connectivity index (χ1v) is 9.62. The number of carbonyl (C=O) groups excluding carboxylic acids is 1. The normalized spacial score (nSPS) is 15.0. The lowest BCUT2D eigenvalue weighted by atomic mass is 10.1. The van der Waals surface area contributed by atoms with Crippen LogP contribution in [0, 0.1) is 0 Å². The zero-order valence-corrected chi connectivity index (χ0v) is 17.0. The van der Waals surface area contributed by atoms with E-state index < -0.39 is 0 Å². The van der Waals surface area contributed by atoms with Gasteiger partial charge in [0.25, 0.3) is 0 Å². The Balaban J connectivity index is 1.53. The molecule has 0 radical (unpaired) electrons. The maximum atomic E-state index is 12.5. The van der Waals surface area contributed by atoms with E-state index in [4.69, 9.17) is 21.1 Å². The molecule has 28 heavy (non-hydrogen) atoms. The molecule has 1 amide bonds. The van der Waals surface area contributed by atoms with E-state index in [2.05, 4.69) is 11.0 Å². The van der Waals surface area contributed by atoms with Crippen molar-refractivity contribution in [1.29, 1.82) is 0 Å². The number of piperazine rings is 1. The molecule has 5 nitrogen and oxygen atoms in total. The molecule has 6 heteroatoms. The van der Waals surface area contributed by atoms with Gasteiger partial charge in [-0.3, -0.25) is 9.69 Å². The lowest BCUT2D eigenvalue weighted by Gasteiger charge is -2.34. The van der Waals surface area contributed by atoms with Crippen molar-refractivity contribution < 1.29 is 14.3 Å². The highest BCUT2D eigenvalue weighted by Crippen LogP contribution is 2.28. The number of ether oxygens (including phenoxy) is 2. The van der Waals surface area contributed by atoms with Crippen LogP contribution in [0.15, 0.2) is 48.5 Å². The largest absolute Gasteiger partial charge is 0.493 e. The van der Waals surface area contributed by atoms with Gasteiger partial charge in [0, 0.05) is 43.8 Å². The molecule has 0 saturated carbocycles.